The Balaban J connectivity index is 1.65. The topological polar surface area (TPSA) is 134 Å². The molecule has 0 amide bonds. The van der Waals surface area contributed by atoms with Gasteiger partial charge in [0.15, 0.2) is 5.78 Å². The summed E-state index contributed by atoms with van der Waals surface area (Å²) in [6.07, 6.45) is 1.34. The number of carbonyl (C=O) groups excluding carboxylic acids is 1. The van der Waals surface area contributed by atoms with E-state index in [4.69, 9.17) is 4.52 Å². The minimum Gasteiger partial charge on any atom is -0.506 e. The summed E-state index contributed by atoms with van der Waals surface area (Å²) in [5, 5.41) is 14.5. The average Bonchev–Trinajstić information content (AvgIpc) is 2.87. The number of amidine groups is 1. The number of carbonyl (C=O) groups is 1. The highest BCUT2D eigenvalue weighted by Crippen LogP contribution is 2.53. The van der Waals surface area contributed by atoms with Gasteiger partial charge in [-0.25, -0.2) is 8.42 Å². The highest BCUT2D eigenvalue weighted by atomic mass is 79.9. The number of nitrogens with one attached hydrogen (secondary N) is 2. The Bertz CT molecular complexity index is 1750. The van der Waals surface area contributed by atoms with E-state index in [9.17, 15) is 22.9 Å². The van der Waals surface area contributed by atoms with Crippen LogP contribution in [0.3, 0.4) is 0 Å². The maximum atomic E-state index is 14.3. The molecule has 2 atom stereocenters. The highest BCUT2D eigenvalue weighted by molar-refractivity contribution is 9.10. The van der Waals surface area contributed by atoms with Crippen LogP contribution in [-0.4, -0.2) is 38.5 Å². The summed E-state index contributed by atoms with van der Waals surface area (Å²) in [7, 11) is -6.33. The van der Waals surface area contributed by atoms with Gasteiger partial charge in [0.05, 0.1) is 22.7 Å². The molecule has 3 aromatic carbocycles. The Kier molecular flexibility index (Phi) is 6.83. The number of nitrogens with zero attached hydrogens (tertiary/aromatic N) is 1. The first-order valence-corrected chi connectivity index (χ1v) is 16.1. The first-order valence-electron chi connectivity index (χ1n) is 11.8. The van der Waals surface area contributed by atoms with E-state index in [1.807, 2.05) is 43.3 Å². The van der Waals surface area contributed by atoms with E-state index in [2.05, 4.69) is 30.7 Å². The summed E-state index contributed by atoms with van der Waals surface area (Å²) in [4.78, 5) is 14.3. The van der Waals surface area contributed by atoms with Crippen molar-refractivity contribution < 1.29 is 27.4 Å². The Hall–Kier alpha value is -3.24. The lowest BCUT2D eigenvalue weighted by Crippen LogP contribution is -2.44. The number of benzene rings is 3. The highest BCUT2D eigenvalue weighted by Gasteiger charge is 2.47. The molecule has 12 heteroatoms. The van der Waals surface area contributed by atoms with Crippen LogP contribution >= 0.6 is 23.4 Å². The van der Waals surface area contributed by atoms with Crippen LogP contribution in [0.25, 0.3) is 5.76 Å². The van der Waals surface area contributed by atoms with Crippen molar-refractivity contribution in [2.24, 2.45) is 4.76 Å². The lowest BCUT2D eigenvalue weighted by atomic mass is 9.66. The molecule has 3 aromatic rings. The molecule has 0 aromatic heterocycles. The molecule has 3 N–H and O–H groups in total. The standard InChI is InChI=1S/C27H25BrN3O6PS/c1-27(15-16-7-6-8-17(28)13-16)20-10-5-4-9-19(20)24(32)23(25(27)33)26-29-21-12-11-18(31-39(3,35)36)14-22(21)38(34,30-26)37-2/h4-14,31-32H,15H2,1-3H3,(H,29,30,34). The number of Topliss-reactive ketones (excluding diaryl/α,β-unsaturated/α-hetero) is 1. The van der Waals surface area contributed by atoms with Crippen LogP contribution < -0.4 is 15.3 Å². The second-order valence-corrected chi connectivity index (χ2v) is 14.4. The molecule has 2 aliphatic rings. The van der Waals surface area contributed by atoms with Gasteiger partial charge in [0.1, 0.15) is 17.2 Å². The molecule has 202 valence electrons. The zero-order valence-electron chi connectivity index (χ0n) is 21.2. The lowest BCUT2D eigenvalue weighted by molar-refractivity contribution is -0.120. The smallest absolute Gasteiger partial charge is 0.348 e. The van der Waals surface area contributed by atoms with Gasteiger partial charge in [-0.15, -0.1) is 0 Å². The molecule has 0 fully saturated rings. The number of aliphatic hydroxyl groups excluding tert-OH is 1. The maximum absolute atomic E-state index is 14.3. The molecule has 1 heterocycles. The van der Waals surface area contributed by atoms with Crippen molar-refractivity contribution in [3.05, 3.63) is 93.5 Å². The predicted molar refractivity (Wildman–Crippen MR) is 156 cm³/mol. The van der Waals surface area contributed by atoms with Crippen molar-refractivity contribution in [3.63, 3.8) is 0 Å². The molecule has 0 spiro atoms. The molecule has 0 radical (unpaired) electrons. The number of ketones is 1. The third-order valence-corrected chi connectivity index (χ3v) is 9.80. The van der Waals surface area contributed by atoms with Crippen molar-refractivity contribution in [2.75, 3.05) is 23.4 Å². The van der Waals surface area contributed by atoms with Crippen LogP contribution in [0.5, 0.6) is 0 Å². The largest absolute Gasteiger partial charge is 0.506 e. The van der Waals surface area contributed by atoms with Gasteiger partial charge < -0.3 is 14.9 Å². The van der Waals surface area contributed by atoms with Crippen LogP contribution in [0.4, 0.5) is 11.4 Å². The molecule has 2 unspecified atom stereocenters. The zero-order valence-corrected chi connectivity index (χ0v) is 24.5. The second kappa shape index (κ2) is 9.75. The van der Waals surface area contributed by atoms with E-state index < -0.39 is 28.7 Å². The number of aliphatic hydroxyl groups is 1. The summed E-state index contributed by atoms with van der Waals surface area (Å²) in [6.45, 7) is 1.82. The van der Waals surface area contributed by atoms with Crippen molar-refractivity contribution in [3.8, 4) is 0 Å². The monoisotopic (exact) mass is 629 g/mol. The van der Waals surface area contributed by atoms with E-state index in [-0.39, 0.29) is 28.2 Å². The molecule has 5 rings (SSSR count). The lowest BCUT2D eigenvalue weighted by Gasteiger charge is -2.37. The molecule has 0 saturated heterocycles. The van der Waals surface area contributed by atoms with Gasteiger partial charge in [-0.2, -0.15) is 4.76 Å². The Morgan fingerprint density at radius 1 is 1.13 bits per heavy atom. The Labute approximate surface area is 234 Å². The van der Waals surface area contributed by atoms with Gasteiger partial charge in [0.2, 0.25) is 10.0 Å². The Morgan fingerprint density at radius 3 is 2.56 bits per heavy atom. The van der Waals surface area contributed by atoms with Crippen LogP contribution in [0, 0.1) is 0 Å². The number of hydrogen-bond donors (Lipinski definition) is 3. The van der Waals surface area contributed by atoms with Crippen LogP contribution in [0.15, 0.2) is 81.5 Å². The van der Waals surface area contributed by atoms with Crippen LogP contribution in [0.2, 0.25) is 0 Å². The van der Waals surface area contributed by atoms with Crippen molar-refractivity contribution in [1.29, 1.82) is 0 Å². The minimum absolute atomic E-state index is 0.0889. The number of hydrogen-bond acceptors (Lipinski definition) is 7. The Morgan fingerprint density at radius 2 is 1.87 bits per heavy atom. The minimum atomic E-state index is -3.96. The summed E-state index contributed by atoms with van der Waals surface area (Å²) < 4.78 is 50.2. The molecular weight excluding hydrogens is 605 g/mol. The molecule has 0 bridgehead atoms. The molecular formula is C27H25BrN3O6PS. The third-order valence-electron chi connectivity index (χ3n) is 6.76. The van der Waals surface area contributed by atoms with Gasteiger partial charge in [-0.05, 0) is 54.8 Å². The van der Waals surface area contributed by atoms with E-state index in [1.54, 1.807) is 12.1 Å². The number of halogens is 1. The van der Waals surface area contributed by atoms with E-state index in [0.717, 1.165) is 16.3 Å². The fourth-order valence-electron chi connectivity index (χ4n) is 5.00. The molecule has 1 aliphatic heterocycles. The van der Waals surface area contributed by atoms with Gasteiger partial charge in [0, 0.05) is 22.8 Å². The summed E-state index contributed by atoms with van der Waals surface area (Å²) in [6, 6.07) is 19.2. The average molecular weight is 630 g/mol. The number of sulfonamides is 1. The summed E-state index contributed by atoms with van der Waals surface area (Å²) in [5.41, 5.74) is 1.36. The van der Waals surface area contributed by atoms with Gasteiger partial charge in [0.25, 0.3) is 0 Å². The second-order valence-electron chi connectivity index (χ2n) is 9.62. The molecule has 1 aliphatic carbocycles. The number of fused-ring (bicyclic) bond motifs is 2. The summed E-state index contributed by atoms with van der Waals surface area (Å²) >= 11 is 3.49. The molecule has 39 heavy (non-hydrogen) atoms. The van der Waals surface area contributed by atoms with Gasteiger partial charge in [-0.3, -0.25) is 14.1 Å². The van der Waals surface area contributed by atoms with Crippen molar-refractivity contribution in [1.82, 2.24) is 0 Å². The first kappa shape index (κ1) is 27.3. The normalized spacial score (nSPS) is 22.5. The number of rotatable bonds is 6. The zero-order chi connectivity index (χ0) is 28.2. The van der Waals surface area contributed by atoms with E-state index >= 15 is 0 Å². The van der Waals surface area contributed by atoms with Crippen molar-refractivity contribution >= 4 is 67.5 Å². The van der Waals surface area contributed by atoms with Gasteiger partial charge in [-0.1, -0.05) is 52.3 Å². The first-order chi connectivity index (χ1) is 18.3. The molecule has 0 saturated carbocycles. The fraction of sp³-hybridized carbons (Fsp3) is 0.185. The predicted octanol–water partition coefficient (Wildman–Crippen LogP) is 5.16. The SMILES string of the molecule is COP1(=O)N=C(C2=C(O)c3ccccc3C(C)(Cc3cccc(Br)c3)C2=O)Nc2ccc(NS(C)(=O)=O)cc21. The van der Waals surface area contributed by atoms with Crippen LogP contribution in [0.1, 0.15) is 23.6 Å². The van der Waals surface area contributed by atoms with Gasteiger partial charge >= 0.3 is 7.52 Å². The quantitative estimate of drug-likeness (QED) is 0.321. The maximum Gasteiger partial charge on any atom is 0.348 e. The number of anilines is 2. The van der Waals surface area contributed by atoms with Crippen LogP contribution in [-0.2, 0) is 35.7 Å². The third kappa shape index (κ3) is 4.96. The van der Waals surface area contributed by atoms with Crippen molar-refractivity contribution in [2.45, 2.75) is 18.8 Å². The van der Waals surface area contributed by atoms with E-state index in [1.165, 1.54) is 25.3 Å². The van der Waals surface area contributed by atoms with E-state index in [0.29, 0.717) is 23.2 Å². The summed E-state index contributed by atoms with van der Waals surface area (Å²) in [5.74, 6) is -0.768. The molecule has 9 nitrogen and oxygen atoms in total. The fourth-order valence-corrected chi connectivity index (χ4v) is 7.54.